The van der Waals surface area contributed by atoms with Crippen LogP contribution in [-0.4, -0.2) is 60.4 Å². The average molecular weight is 622 g/mol. The highest BCUT2D eigenvalue weighted by Gasteiger charge is 2.42. The molecule has 0 amide bonds. The van der Waals surface area contributed by atoms with E-state index in [9.17, 15) is 24.9 Å². The number of halogens is 1. The number of aliphatic hydroxyl groups excluding tert-OH is 3. The Kier molecular flexibility index (Phi) is 11.3. The van der Waals surface area contributed by atoms with Crippen molar-refractivity contribution in [3.05, 3.63) is 21.7 Å². The first-order valence-corrected chi connectivity index (χ1v) is 14.4. The fourth-order valence-electron chi connectivity index (χ4n) is 4.48. The summed E-state index contributed by atoms with van der Waals surface area (Å²) >= 11 is 3.73. The zero-order chi connectivity index (χ0) is 26.5. The number of aryl methyl sites for hydroxylation is 1. The van der Waals surface area contributed by atoms with Gasteiger partial charge in [-0.25, -0.2) is 4.98 Å². The summed E-state index contributed by atoms with van der Waals surface area (Å²) in [6, 6.07) is 0. The number of thiazole rings is 1. The normalized spacial score (nSPS) is 34.5. The highest BCUT2D eigenvalue weighted by atomic mass is 127. The number of Topliss-reactive ketones (excluding diaryl/α,β-unsaturated/α-hetero) is 1. The second-order valence-corrected chi connectivity index (χ2v) is 13.1. The fourth-order valence-corrected chi connectivity index (χ4v) is 5.87. The average Bonchev–Trinajstić information content (AvgIpc) is 3.20. The van der Waals surface area contributed by atoms with E-state index < -0.39 is 41.7 Å². The summed E-state index contributed by atoms with van der Waals surface area (Å²) < 4.78 is 5.64. The van der Waals surface area contributed by atoms with Crippen LogP contribution in [0.3, 0.4) is 0 Å². The van der Waals surface area contributed by atoms with Crippen LogP contribution in [0.1, 0.15) is 77.4 Å². The van der Waals surface area contributed by atoms with Crippen LogP contribution in [0.2, 0.25) is 0 Å². The third-order valence-corrected chi connectivity index (χ3v) is 9.28. The number of nitrogens with zero attached hydrogens (tertiary/aromatic N) is 1. The van der Waals surface area contributed by atoms with Crippen molar-refractivity contribution >= 4 is 51.8 Å². The second kappa shape index (κ2) is 13.1. The van der Waals surface area contributed by atoms with Crippen LogP contribution < -0.4 is 0 Å². The minimum atomic E-state index is -1.26. The maximum absolute atomic E-state index is 13.2. The molecule has 1 aromatic heterocycles. The van der Waals surface area contributed by atoms with Crippen LogP contribution in [0.5, 0.6) is 0 Å². The summed E-state index contributed by atoms with van der Waals surface area (Å²) in [7, 11) is 0. The Morgan fingerprint density at radius 3 is 2.49 bits per heavy atom. The number of aromatic nitrogens is 1. The molecule has 1 unspecified atom stereocenters. The first kappa shape index (κ1) is 30.3. The molecule has 7 atom stereocenters. The number of cyclic esters (lactones) is 1. The molecule has 9 heteroatoms. The molecule has 0 radical (unpaired) electrons. The summed E-state index contributed by atoms with van der Waals surface area (Å²) in [6.45, 7) is 10.6. The van der Waals surface area contributed by atoms with E-state index in [-0.39, 0.29) is 22.0 Å². The predicted octanol–water partition coefficient (Wildman–Crippen LogP) is 4.48. The van der Waals surface area contributed by atoms with Crippen LogP contribution in [0.25, 0.3) is 6.08 Å². The molecule has 0 spiro atoms. The largest absolute Gasteiger partial charge is 0.458 e. The van der Waals surface area contributed by atoms with Crippen LogP contribution in [-0.2, 0) is 14.3 Å². The lowest BCUT2D eigenvalue weighted by Gasteiger charge is -2.35. The summed E-state index contributed by atoms with van der Waals surface area (Å²) in [4.78, 5) is 30.5. The van der Waals surface area contributed by atoms with Gasteiger partial charge in [0.15, 0.2) is 0 Å². The van der Waals surface area contributed by atoms with Crippen LogP contribution in [0.15, 0.2) is 11.0 Å². The van der Waals surface area contributed by atoms with E-state index in [1.54, 1.807) is 20.8 Å². The van der Waals surface area contributed by atoms with E-state index in [4.69, 9.17) is 4.74 Å². The Labute approximate surface area is 226 Å². The second-order valence-electron chi connectivity index (χ2n) is 10.5. The third-order valence-electron chi connectivity index (χ3n) is 7.15. The fraction of sp³-hybridized carbons (Fsp3) is 0.731. The molecule has 35 heavy (non-hydrogen) atoms. The van der Waals surface area contributed by atoms with E-state index in [0.29, 0.717) is 25.7 Å². The molecule has 0 aliphatic carbocycles. The third kappa shape index (κ3) is 8.31. The molecule has 1 fully saturated rings. The summed E-state index contributed by atoms with van der Waals surface area (Å²) in [5.74, 6) is -1.74. The topological polar surface area (TPSA) is 117 Å². The van der Waals surface area contributed by atoms with Crippen molar-refractivity contribution in [2.45, 2.75) is 102 Å². The van der Waals surface area contributed by atoms with E-state index >= 15 is 0 Å². The lowest BCUT2D eigenvalue weighted by atomic mass is 9.73. The lowest BCUT2D eigenvalue weighted by molar-refractivity contribution is -0.154. The number of alkyl halides is 1. The van der Waals surface area contributed by atoms with Gasteiger partial charge >= 0.3 is 5.97 Å². The standard InChI is InChI=1S/C26H40INO6S/c1-14-8-7-9-20(29)19(27)11-21(15(2)10-18-13-35-17(4)28-18)34-23(31)12-22(30)26(5,6)25(33)16(3)24(14)32/h10,13-14,16,19-22,24,29-30,32H,7-9,11-12H2,1-6H3/b15-10+/t14-,16+,19+,20+,21-,22-,24?/m0/s1. The van der Waals surface area contributed by atoms with Crippen LogP contribution >= 0.6 is 33.9 Å². The number of carbonyl (C=O) groups excluding carboxylic acids is 2. The molecule has 1 aliphatic rings. The molecular weight excluding hydrogens is 581 g/mol. The van der Waals surface area contributed by atoms with Gasteiger partial charge in [0.05, 0.1) is 40.8 Å². The van der Waals surface area contributed by atoms with Gasteiger partial charge < -0.3 is 20.1 Å². The van der Waals surface area contributed by atoms with Gasteiger partial charge in [0, 0.05) is 21.6 Å². The number of ether oxygens (including phenoxy) is 1. The Hall–Kier alpha value is -0.880. The van der Waals surface area contributed by atoms with Crippen molar-refractivity contribution in [2.24, 2.45) is 17.3 Å². The Morgan fingerprint density at radius 2 is 1.89 bits per heavy atom. The van der Waals surface area contributed by atoms with Gasteiger partial charge in [0.2, 0.25) is 0 Å². The van der Waals surface area contributed by atoms with Crippen molar-refractivity contribution in [3.8, 4) is 0 Å². The molecular formula is C26H40INO6S. The maximum atomic E-state index is 13.2. The molecule has 1 aliphatic heterocycles. The number of aliphatic hydroxyl groups is 3. The zero-order valence-electron chi connectivity index (χ0n) is 21.5. The predicted molar refractivity (Wildman–Crippen MR) is 146 cm³/mol. The van der Waals surface area contributed by atoms with Crippen molar-refractivity contribution in [3.63, 3.8) is 0 Å². The molecule has 7 nitrogen and oxygen atoms in total. The van der Waals surface area contributed by atoms with Crippen molar-refractivity contribution in [2.75, 3.05) is 0 Å². The lowest BCUT2D eigenvalue weighted by Crippen LogP contribution is -2.45. The molecule has 2 heterocycles. The van der Waals surface area contributed by atoms with Gasteiger partial charge in [-0.2, -0.15) is 0 Å². The van der Waals surface area contributed by atoms with E-state index in [2.05, 4.69) is 27.6 Å². The summed E-state index contributed by atoms with van der Waals surface area (Å²) in [5.41, 5.74) is 0.359. The summed E-state index contributed by atoms with van der Waals surface area (Å²) in [5, 5.41) is 35.2. The molecule has 0 bridgehead atoms. The van der Waals surface area contributed by atoms with Crippen molar-refractivity contribution in [1.82, 2.24) is 4.98 Å². The molecule has 1 saturated heterocycles. The number of hydrogen-bond donors (Lipinski definition) is 3. The number of hydrogen-bond acceptors (Lipinski definition) is 8. The number of carbonyl (C=O) groups is 2. The van der Waals surface area contributed by atoms with E-state index in [1.165, 1.54) is 11.3 Å². The van der Waals surface area contributed by atoms with Gasteiger partial charge in [0.1, 0.15) is 11.9 Å². The first-order chi connectivity index (χ1) is 16.2. The monoisotopic (exact) mass is 621 g/mol. The van der Waals surface area contributed by atoms with Gasteiger partial charge in [-0.15, -0.1) is 11.3 Å². The van der Waals surface area contributed by atoms with Gasteiger partial charge in [-0.05, 0) is 44.3 Å². The number of esters is 1. The minimum Gasteiger partial charge on any atom is -0.458 e. The highest BCUT2D eigenvalue weighted by molar-refractivity contribution is 14.1. The molecule has 3 N–H and O–H groups in total. The molecule has 0 saturated carbocycles. The molecule has 1 aromatic rings. The van der Waals surface area contributed by atoms with E-state index in [0.717, 1.165) is 16.3 Å². The SMILES string of the molecule is C/C(=C\c1csc(C)n1)[C@@H]1C[C@@H](I)[C@H](O)CCC[C@H](C)C(O)[C@@H](C)C(=O)C(C)(C)[C@@H](O)CC(=O)O1. The minimum absolute atomic E-state index is 0.140. The quantitative estimate of drug-likeness (QED) is 0.253. The number of ketones is 1. The van der Waals surface area contributed by atoms with Gasteiger partial charge in [-0.3, -0.25) is 9.59 Å². The molecule has 2 rings (SSSR count). The van der Waals surface area contributed by atoms with Crippen LogP contribution in [0.4, 0.5) is 0 Å². The Balaban J connectivity index is 2.33. The molecule has 198 valence electrons. The Morgan fingerprint density at radius 1 is 1.23 bits per heavy atom. The molecule has 0 aromatic carbocycles. The maximum Gasteiger partial charge on any atom is 0.309 e. The van der Waals surface area contributed by atoms with E-state index in [1.807, 2.05) is 32.2 Å². The van der Waals surface area contributed by atoms with Gasteiger partial charge in [-0.1, -0.05) is 56.7 Å². The first-order valence-electron chi connectivity index (χ1n) is 12.3. The zero-order valence-corrected chi connectivity index (χ0v) is 24.5. The number of rotatable bonds is 2. The van der Waals surface area contributed by atoms with Crippen LogP contribution in [0, 0.1) is 24.2 Å². The van der Waals surface area contributed by atoms with Crippen molar-refractivity contribution < 1.29 is 29.6 Å². The Bertz CT molecular complexity index is 900. The summed E-state index contributed by atoms with van der Waals surface area (Å²) in [6.07, 6.45) is 0.534. The smallest absolute Gasteiger partial charge is 0.309 e. The van der Waals surface area contributed by atoms with Gasteiger partial charge in [0.25, 0.3) is 0 Å². The van der Waals surface area contributed by atoms with Crippen molar-refractivity contribution in [1.29, 1.82) is 0 Å². The highest BCUT2D eigenvalue weighted by Crippen LogP contribution is 2.33.